The highest BCUT2D eigenvalue weighted by Gasteiger charge is 2.26. The monoisotopic (exact) mass is 399 g/mol. The zero-order valence-electron chi connectivity index (χ0n) is 18.1. The summed E-state index contributed by atoms with van der Waals surface area (Å²) in [5.74, 6) is 0.916. The summed E-state index contributed by atoms with van der Waals surface area (Å²) in [4.78, 5) is 21.5. The minimum Gasteiger partial charge on any atom is -0.357 e. The van der Waals surface area contributed by atoms with Crippen molar-refractivity contribution < 1.29 is 4.79 Å². The van der Waals surface area contributed by atoms with Crippen LogP contribution in [0.4, 0.5) is 0 Å². The van der Waals surface area contributed by atoms with Crippen molar-refractivity contribution in [2.45, 2.75) is 64.6 Å². The largest absolute Gasteiger partial charge is 0.357 e. The highest BCUT2D eigenvalue weighted by Crippen LogP contribution is 2.20. The van der Waals surface area contributed by atoms with E-state index in [0.717, 1.165) is 64.4 Å². The molecule has 2 heterocycles. The van der Waals surface area contributed by atoms with Gasteiger partial charge in [0.25, 0.3) is 0 Å². The molecule has 0 aliphatic carbocycles. The number of carbonyl (C=O) groups excluding carboxylic acids is 1. The first-order valence-electron chi connectivity index (χ1n) is 11.3. The second-order valence-corrected chi connectivity index (χ2v) is 8.31. The first kappa shape index (κ1) is 21.6. The van der Waals surface area contributed by atoms with Gasteiger partial charge < -0.3 is 15.5 Å². The topological polar surface area (TPSA) is 60.0 Å². The normalized spacial score (nSPS) is 23.7. The van der Waals surface area contributed by atoms with Crippen LogP contribution in [0.25, 0.3) is 0 Å². The number of nitrogens with zero attached hydrogens (tertiary/aromatic N) is 3. The standard InChI is InChI=1S/C23H37N5O/c1-3-24-23(25-17-22(29)27-13-8-5-9-14-27)26-21-12-15-28(19(2)16-21)18-20-10-6-4-7-11-20/h4,6-7,10-11,19,21H,3,5,8-9,12-18H2,1-2H3,(H2,24,25,26). The predicted molar refractivity (Wildman–Crippen MR) is 119 cm³/mol. The molecule has 0 saturated carbocycles. The average Bonchev–Trinajstić information content (AvgIpc) is 2.75. The second kappa shape index (κ2) is 11.2. The Labute approximate surface area is 175 Å². The van der Waals surface area contributed by atoms with E-state index in [1.54, 1.807) is 0 Å². The fourth-order valence-electron chi connectivity index (χ4n) is 4.31. The quantitative estimate of drug-likeness (QED) is 0.570. The van der Waals surface area contributed by atoms with Crippen LogP contribution < -0.4 is 10.6 Å². The number of rotatable bonds is 6. The lowest BCUT2D eigenvalue weighted by atomic mass is 9.97. The minimum atomic E-state index is 0.146. The van der Waals surface area contributed by atoms with Gasteiger partial charge in [-0.1, -0.05) is 30.3 Å². The lowest BCUT2D eigenvalue weighted by Gasteiger charge is -2.38. The maximum absolute atomic E-state index is 12.4. The van der Waals surface area contributed by atoms with E-state index in [1.165, 1.54) is 12.0 Å². The van der Waals surface area contributed by atoms with Gasteiger partial charge in [-0.3, -0.25) is 9.69 Å². The van der Waals surface area contributed by atoms with Crippen molar-refractivity contribution in [1.82, 2.24) is 20.4 Å². The maximum atomic E-state index is 12.4. The van der Waals surface area contributed by atoms with Crippen LogP contribution >= 0.6 is 0 Å². The van der Waals surface area contributed by atoms with Crippen LogP contribution in [0.1, 0.15) is 51.5 Å². The third-order valence-electron chi connectivity index (χ3n) is 6.01. The molecule has 1 aromatic rings. The molecule has 2 atom stereocenters. The van der Waals surface area contributed by atoms with Gasteiger partial charge in [-0.15, -0.1) is 0 Å². The molecule has 2 aliphatic rings. The number of amides is 1. The molecular formula is C23H37N5O. The van der Waals surface area contributed by atoms with Crippen LogP contribution in [0.15, 0.2) is 35.3 Å². The van der Waals surface area contributed by atoms with Gasteiger partial charge in [-0.25, -0.2) is 4.99 Å². The molecule has 2 unspecified atom stereocenters. The van der Waals surface area contributed by atoms with Crippen molar-refractivity contribution >= 4 is 11.9 Å². The highest BCUT2D eigenvalue weighted by atomic mass is 16.2. The van der Waals surface area contributed by atoms with Crippen LogP contribution in [0.2, 0.25) is 0 Å². The number of carbonyl (C=O) groups is 1. The molecule has 6 nitrogen and oxygen atoms in total. The lowest BCUT2D eigenvalue weighted by Crippen LogP contribution is -2.51. The molecule has 2 aliphatic heterocycles. The average molecular weight is 400 g/mol. The molecule has 0 aromatic heterocycles. The maximum Gasteiger partial charge on any atom is 0.244 e. The van der Waals surface area contributed by atoms with E-state index in [1.807, 2.05) is 4.90 Å². The Kier molecular flexibility index (Phi) is 8.35. The van der Waals surface area contributed by atoms with Crippen molar-refractivity contribution in [2.24, 2.45) is 4.99 Å². The Morgan fingerprint density at radius 1 is 1.14 bits per heavy atom. The third-order valence-corrected chi connectivity index (χ3v) is 6.01. The molecular weight excluding hydrogens is 362 g/mol. The zero-order valence-corrected chi connectivity index (χ0v) is 18.1. The Morgan fingerprint density at radius 2 is 1.90 bits per heavy atom. The van der Waals surface area contributed by atoms with Crippen LogP contribution in [0.3, 0.4) is 0 Å². The Morgan fingerprint density at radius 3 is 2.59 bits per heavy atom. The Bertz CT molecular complexity index is 656. The van der Waals surface area contributed by atoms with Crippen molar-refractivity contribution in [2.75, 3.05) is 32.7 Å². The van der Waals surface area contributed by atoms with Crippen LogP contribution in [0.5, 0.6) is 0 Å². The highest BCUT2D eigenvalue weighted by molar-refractivity contribution is 5.85. The van der Waals surface area contributed by atoms with Gasteiger partial charge >= 0.3 is 0 Å². The number of aliphatic imine (C=N–C) groups is 1. The first-order chi connectivity index (χ1) is 14.2. The van der Waals surface area contributed by atoms with Gasteiger partial charge in [0.2, 0.25) is 5.91 Å². The summed E-state index contributed by atoms with van der Waals surface area (Å²) in [6.45, 7) is 9.25. The molecule has 1 aromatic carbocycles. The van der Waals surface area contributed by atoms with E-state index in [0.29, 0.717) is 12.1 Å². The summed E-state index contributed by atoms with van der Waals surface area (Å²) in [5, 5.41) is 6.88. The van der Waals surface area contributed by atoms with Crippen LogP contribution in [0, 0.1) is 0 Å². The van der Waals surface area contributed by atoms with Gasteiger partial charge in [0.05, 0.1) is 0 Å². The van der Waals surface area contributed by atoms with Crippen LogP contribution in [-0.4, -0.2) is 66.5 Å². The summed E-state index contributed by atoms with van der Waals surface area (Å²) in [6.07, 6.45) is 5.64. The van der Waals surface area contributed by atoms with Crippen molar-refractivity contribution in [3.63, 3.8) is 0 Å². The number of likely N-dealkylation sites (tertiary alicyclic amines) is 2. The zero-order chi connectivity index (χ0) is 20.5. The summed E-state index contributed by atoms with van der Waals surface area (Å²) >= 11 is 0. The number of nitrogens with one attached hydrogen (secondary N) is 2. The molecule has 0 spiro atoms. The van der Waals surface area contributed by atoms with E-state index in [9.17, 15) is 4.79 Å². The predicted octanol–water partition coefficient (Wildman–Crippen LogP) is 2.61. The summed E-state index contributed by atoms with van der Waals surface area (Å²) in [5.41, 5.74) is 1.37. The molecule has 1 amide bonds. The summed E-state index contributed by atoms with van der Waals surface area (Å²) < 4.78 is 0. The number of benzene rings is 1. The molecule has 0 radical (unpaired) electrons. The van der Waals surface area contributed by atoms with E-state index < -0.39 is 0 Å². The summed E-state index contributed by atoms with van der Waals surface area (Å²) in [6, 6.07) is 11.6. The molecule has 29 heavy (non-hydrogen) atoms. The van der Waals surface area contributed by atoms with E-state index >= 15 is 0 Å². The SMILES string of the molecule is CCNC(=NCC(=O)N1CCCCC1)NC1CCN(Cc2ccccc2)C(C)C1. The van der Waals surface area contributed by atoms with E-state index in [4.69, 9.17) is 0 Å². The summed E-state index contributed by atoms with van der Waals surface area (Å²) in [7, 11) is 0. The number of hydrogen-bond acceptors (Lipinski definition) is 3. The molecule has 3 rings (SSSR count). The van der Waals surface area contributed by atoms with Crippen molar-refractivity contribution in [3.8, 4) is 0 Å². The smallest absolute Gasteiger partial charge is 0.244 e. The second-order valence-electron chi connectivity index (χ2n) is 8.31. The van der Waals surface area contributed by atoms with Gasteiger partial charge in [0.15, 0.2) is 5.96 Å². The molecule has 2 saturated heterocycles. The molecule has 160 valence electrons. The number of guanidine groups is 1. The van der Waals surface area contributed by atoms with Crippen LogP contribution in [-0.2, 0) is 11.3 Å². The van der Waals surface area contributed by atoms with E-state index in [-0.39, 0.29) is 12.5 Å². The fraction of sp³-hybridized carbons (Fsp3) is 0.652. The fourth-order valence-corrected chi connectivity index (χ4v) is 4.31. The van der Waals surface area contributed by atoms with Gasteiger partial charge in [-0.05, 0) is 51.5 Å². The molecule has 6 heteroatoms. The van der Waals surface area contributed by atoms with E-state index in [2.05, 4.69) is 64.7 Å². The van der Waals surface area contributed by atoms with Gasteiger partial charge in [0.1, 0.15) is 6.54 Å². The van der Waals surface area contributed by atoms with Gasteiger partial charge in [0, 0.05) is 44.8 Å². The number of hydrogen-bond donors (Lipinski definition) is 2. The minimum absolute atomic E-state index is 0.146. The Balaban J connectivity index is 1.49. The molecule has 2 fully saturated rings. The molecule has 2 N–H and O–H groups in total. The van der Waals surface area contributed by atoms with Crippen molar-refractivity contribution in [1.29, 1.82) is 0 Å². The lowest BCUT2D eigenvalue weighted by molar-refractivity contribution is -0.130. The van der Waals surface area contributed by atoms with Crippen molar-refractivity contribution in [3.05, 3.63) is 35.9 Å². The van der Waals surface area contributed by atoms with Gasteiger partial charge in [-0.2, -0.15) is 0 Å². The Hall–Kier alpha value is -2.08. The third kappa shape index (κ3) is 6.74. The number of piperidine rings is 2. The molecule has 0 bridgehead atoms. The first-order valence-corrected chi connectivity index (χ1v) is 11.3.